The molecule has 32 heavy (non-hydrogen) atoms. The maximum absolute atomic E-state index is 12.8. The molecule has 1 aromatic heterocycles. The molecule has 4 saturated carbocycles. The summed E-state index contributed by atoms with van der Waals surface area (Å²) in [6.45, 7) is 2.25. The molecule has 6 rings (SSSR count). The lowest BCUT2D eigenvalue weighted by atomic mass is 9.53. The Labute approximate surface area is 193 Å². The maximum atomic E-state index is 12.8. The number of hydrogen-bond acceptors (Lipinski definition) is 5. The lowest BCUT2D eigenvalue weighted by Gasteiger charge is -2.56. The van der Waals surface area contributed by atoms with Crippen LogP contribution in [-0.4, -0.2) is 37.9 Å². The largest absolute Gasteiger partial charge is 0.350 e. The average molecular weight is 454 g/mol. The summed E-state index contributed by atoms with van der Waals surface area (Å²) in [6.07, 6.45) is 7.57. The third kappa shape index (κ3) is 4.42. The van der Waals surface area contributed by atoms with E-state index in [0.29, 0.717) is 22.3 Å². The van der Waals surface area contributed by atoms with Crippen molar-refractivity contribution in [3.05, 3.63) is 41.2 Å². The first-order valence-corrected chi connectivity index (χ1v) is 12.5. The van der Waals surface area contributed by atoms with Crippen molar-refractivity contribution >= 4 is 23.6 Å². The van der Waals surface area contributed by atoms with Gasteiger partial charge in [0.1, 0.15) is 0 Å². The molecule has 170 valence electrons. The van der Waals surface area contributed by atoms with Crippen LogP contribution in [0.1, 0.15) is 60.3 Å². The Morgan fingerprint density at radius 1 is 1.12 bits per heavy atom. The van der Waals surface area contributed by atoms with Crippen LogP contribution in [-0.2, 0) is 18.4 Å². The number of thioether (sulfide) groups is 1. The summed E-state index contributed by atoms with van der Waals surface area (Å²) in [5.74, 6) is 3.38. The van der Waals surface area contributed by atoms with Crippen molar-refractivity contribution in [2.45, 2.75) is 62.7 Å². The average Bonchev–Trinajstić information content (AvgIpc) is 3.08. The summed E-state index contributed by atoms with van der Waals surface area (Å²) in [5.41, 5.74) is 1.71. The lowest BCUT2D eigenvalue weighted by Crippen LogP contribution is -2.60. The summed E-state index contributed by atoms with van der Waals surface area (Å²) < 4.78 is 1.85. The van der Waals surface area contributed by atoms with Crippen molar-refractivity contribution in [3.63, 3.8) is 0 Å². The van der Waals surface area contributed by atoms with Gasteiger partial charge in [0.25, 0.3) is 5.91 Å². The van der Waals surface area contributed by atoms with Gasteiger partial charge in [-0.05, 0) is 75.3 Å². The number of hydrogen-bond donors (Lipinski definition) is 2. The van der Waals surface area contributed by atoms with Gasteiger partial charge in [0, 0.05) is 18.2 Å². The maximum Gasteiger partial charge on any atom is 0.251 e. The predicted octanol–water partition coefficient (Wildman–Crippen LogP) is 3.23. The number of nitrogens with one attached hydrogen (secondary N) is 2. The molecule has 4 fully saturated rings. The molecule has 2 aromatic rings. The number of carbonyl (C=O) groups excluding carboxylic acids is 2. The van der Waals surface area contributed by atoms with Crippen molar-refractivity contribution in [2.75, 3.05) is 5.75 Å². The third-order valence-electron chi connectivity index (χ3n) is 7.39. The minimum atomic E-state index is -0.138. The molecule has 4 aliphatic rings. The number of rotatable bonds is 7. The van der Waals surface area contributed by atoms with E-state index in [1.807, 2.05) is 36.7 Å². The first-order valence-electron chi connectivity index (χ1n) is 11.6. The first-order chi connectivity index (χ1) is 15.4. The Hall–Kier alpha value is -2.35. The molecule has 2 amide bonds. The van der Waals surface area contributed by atoms with Gasteiger partial charge in [0.15, 0.2) is 11.0 Å². The Bertz CT molecular complexity index is 998. The van der Waals surface area contributed by atoms with Crippen molar-refractivity contribution in [1.82, 2.24) is 25.4 Å². The highest BCUT2D eigenvalue weighted by atomic mass is 32.2. The Balaban J connectivity index is 1.13. The van der Waals surface area contributed by atoms with Crippen molar-refractivity contribution < 1.29 is 9.59 Å². The van der Waals surface area contributed by atoms with Gasteiger partial charge in [-0.1, -0.05) is 29.5 Å². The molecule has 8 heteroatoms. The van der Waals surface area contributed by atoms with Gasteiger partial charge in [-0.15, -0.1) is 10.2 Å². The smallest absolute Gasteiger partial charge is 0.251 e. The monoisotopic (exact) mass is 453 g/mol. The number of carbonyl (C=O) groups is 2. The van der Waals surface area contributed by atoms with Crippen molar-refractivity contribution in [2.24, 2.45) is 24.8 Å². The molecule has 2 N–H and O–H groups in total. The zero-order valence-corrected chi connectivity index (χ0v) is 19.6. The van der Waals surface area contributed by atoms with E-state index in [1.54, 1.807) is 6.07 Å². The molecule has 0 spiro atoms. The van der Waals surface area contributed by atoms with Crippen molar-refractivity contribution in [1.29, 1.82) is 0 Å². The number of nitrogens with zero attached hydrogens (tertiary/aromatic N) is 3. The molecular weight excluding hydrogens is 422 g/mol. The fraction of sp³-hybridized carbons (Fsp3) is 0.583. The van der Waals surface area contributed by atoms with Crippen LogP contribution >= 0.6 is 11.8 Å². The van der Waals surface area contributed by atoms with Crippen molar-refractivity contribution in [3.8, 4) is 0 Å². The van der Waals surface area contributed by atoms with Gasteiger partial charge in [0.2, 0.25) is 5.91 Å². The predicted molar refractivity (Wildman–Crippen MR) is 123 cm³/mol. The number of aromatic nitrogens is 3. The minimum Gasteiger partial charge on any atom is -0.350 e. The van der Waals surface area contributed by atoms with E-state index in [1.165, 1.54) is 31.0 Å². The van der Waals surface area contributed by atoms with Crippen LogP contribution in [0.2, 0.25) is 0 Å². The summed E-state index contributed by atoms with van der Waals surface area (Å²) in [7, 11) is 1.87. The Kier molecular flexibility index (Phi) is 5.73. The van der Waals surface area contributed by atoms with Crippen LogP contribution in [0, 0.1) is 24.7 Å². The fourth-order valence-corrected chi connectivity index (χ4v) is 7.13. The summed E-state index contributed by atoms with van der Waals surface area (Å²) in [5, 5.41) is 15.4. The van der Waals surface area contributed by atoms with Crippen LogP contribution < -0.4 is 10.6 Å². The van der Waals surface area contributed by atoms with Gasteiger partial charge in [-0.2, -0.15) is 0 Å². The highest BCUT2D eigenvalue weighted by Gasteiger charge is 2.51. The molecule has 0 radical (unpaired) electrons. The summed E-state index contributed by atoms with van der Waals surface area (Å²) in [6, 6.07) is 7.48. The van der Waals surface area contributed by atoms with E-state index in [2.05, 4.69) is 20.8 Å². The van der Waals surface area contributed by atoms with Gasteiger partial charge in [-0.25, -0.2) is 0 Å². The molecule has 7 nitrogen and oxygen atoms in total. The molecule has 0 aliphatic heterocycles. The number of amides is 2. The molecule has 0 unspecified atom stereocenters. The van der Waals surface area contributed by atoms with Crippen LogP contribution in [0.3, 0.4) is 0 Å². The van der Waals surface area contributed by atoms with Gasteiger partial charge >= 0.3 is 0 Å². The zero-order valence-electron chi connectivity index (χ0n) is 18.8. The summed E-state index contributed by atoms with van der Waals surface area (Å²) >= 11 is 1.40. The van der Waals surface area contributed by atoms with Crippen LogP contribution in [0.25, 0.3) is 0 Å². The molecule has 4 bridgehead atoms. The quantitative estimate of drug-likeness (QED) is 0.629. The van der Waals surface area contributed by atoms with Crippen LogP contribution in [0.4, 0.5) is 0 Å². The summed E-state index contributed by atoms with van der Waals surface area (Å²) in [4.78, 5) is 25.2. The highest BCUT2D eigenvalue weighted by molar-refractivity contribution is 7.99. The van der Waals surface area contributed by atoms with E-state index in [4.69, 9.17) is 0 Å². The van der Waals surface area contributed by atoms with Gasteiger partial charge < -0.3 is 15.2 Å². The SMILES string of the molecule is Cc1cccc(C(=O)NCc2nnc(SCC(=O)NC34CC5CC(CC(C5)C3)C4)n2C)c1. The second-order valence-electron chi connectivity index (χ2n) is 10.0. The Morgan fingerprint density at radius 3 is 2.47 bits per heavy atom. The van der Waals surface area contributed by atoms with Crippen LogP contribution in [0.5, 0.6) is 0 Å². The van der Waals surface area contributed by atoms with E-state index >= 15 is 0 Å². The minimum absolute atomic E-state index is 0.0392. The fourth-order valence-electron chi connectivity index (χ4n) is 6.40. The number of aryl methyl sites for hydroxylation is 1. The topological polar surface area (TPSA) is 88.9 Å². The molecule has 1 heterocycles. The standard InChI is InChI=1S/C24H31N5O2S/c1-15-4-3-5-19(6-15)22(31)25-13-20-27-28-23(29(20)2)32-14-21(30)26-24-10-16-7-17(11-24)9-18(8-16)12-24/h3-6,16-18H,7-14H2,1-2H3,(H,25,31)(H,26,30). The van der Waals surface area contributed by atoms with Gasteiger partial charge in [0.05, 0.1) is 12.3 Å². The van der Waals surface area contributed by atoms with E-state index in [9.17, 15) is 9.59 Å². The molecule has 1 aromatic carbocycles. The molecule has 0 atom stereocenters. The highest BCUT2D eigenvalue weighted by Crippen LogP contribution is 2.55. The lowest BCUT2D eigenvalue weighted by molar-refractivity contribution is -0.124. The van der Waals surface area contributed by atoms with Gasteiger partial charge in [-0.3, -0.25) is 9.59 Å². The van der Waals surface area contributed by atoms with E-state index in [-0.39, 0.29) is 23.9 Å². The second kappa shape index (κ2) is 8.54. The number of benzene rings is 1. The zero-order chi connectivity index (χ0) is 22.3. The molecule has 4 aliphatic carbocycles. The molecular formula is C24H31N5O2S. The Morgan fingerprint density at radius 2 is 1.81 bits per heavy atom. The van der Waals surface area contributed by atoms with E-state index < -0.39 is 0 Å². The van der Waals surface area contributed by atoms with Crippen LogP contribution in [0.15, 0.2) is 29.4 Å². The molecule has 0 saturated heterocycles. The first kappa shape index (κ1) is 21.5. The second-order valence-corrected chi connectivity index (χ2v) is 11.0. The van der Waals surface area contributed by atoms with E-state index in [0.717, 1.165) is 42.6 Å². The third-order valence-corrected chi connectivity index (χ3v) is 8.41. The normalized spacial score (nSPS) is 28.0.